The van der Waals surface area contributed by atoms with Gasteiger partial charge in [0, 0.05) is 28.1 Å². The number of nitrogens with one attached hydrogen (secondary N) is 1. The Labute approximate surface area is 147 Å². The topological polar surface area (TPSA) is 64.7 Å². The van der Waals surface area contributed by atoms with Crippen LogP contribution in [0.3, 0.4) is 0 Å². The van der Waals surface area contributed by atoms with Crippen molar-refractivity contribution >= 4 is 34.2 Å². The predicted molar refractivity (Wildman–Crippen MR) is 96.3 cm³/mol. The molecule has 6 nitrogen and oxygen atoms in total. The van der Waals surface area contributed by atoms with Gasteiger partial charge in [-0.05, 0) is 41.6 Å². The number of amides is 1. The van der Waals surface area contributed by atoms with Crippen molar-refractivity contribution in [2.45, 2.75) is 20.0 Å². The van der Waals surface area contributed by atoms with Crippen LogP contribution in [0.25, 0.3) is 0 Å². The summed E-state index contributed by atoms with van der Waals surface area (Å²) in [6.45, 7) is 3.51. The minimum atomic E-state index is -0.131. The van der Waals surface area contributed by atoms with E-state index < -0.39 is 0 Å². The number of hydrogen-bond acceptors (Lipinski definition) is 3. The van der Waals surface area contributed by atoms with Gasteiger partial charge in [0.15, 0.2) is 0 Å². The zero-order chi connectivity index (χ0) is 16.2. The molecule has 0 aliphatic heterocycles. The lowest BCUT2D eigenvalue weighted by molar-refractivity contribution is 0.102. The lowest BCUT2D eigenvalue weighted by Crippen LogP contribution is -2.12. The zero-order valence-corrected chi connectivity index (χ0v) is 14.8. The third-order valence-electron chi connectivity index (χ3n) is 3.36. The van der Waals surface area contributed by atoms with Crippen LogP contribution in [0, 0.1) is 3.57 Å². The fourth-order valence-electron chi connectivity index (χ4n) is 2.21. The molecule has 2 heterocycles. The molecule has 1 N–H and O–H groups in total. The number of hydrogen-bond donors (Lipinski definition) is 1. The molecule has 0 bridgehead atoms. The van der Waals surface area contributed by atoms with Crippen molar-refractivity contribution in [2.75, 3.05) is 5.32 Å². The zero-order valence-electron chi connectivity index (χ0n) is 12.6. The maximum atomic E-state index is 12.3. The first-order valence-corrected chi connectivity index (χ1v) is 8.33. The SMILES string of the molecule is CCn1cc(Cn2cc(NC(=O)c3ccccc3I)cn2)cn1. The molecule has 0 spiro atoms. The maximum Gasteiger partial charge on any atom is 0.256 e. The number of nitrogens with zero attached hydrogens (tertiary/aromatic N) is 4. The first-order valence-electron chi connectivity index (χ1n) is 7.25. The molecule has 0 fully saturated rings. The van der Waals surface area contributed by atoms with E-state index in [0.29, 0.717) is 17.8 Å². The predicted octanol–water partition coefficient (Wildman–Crippen LogP) is 3.00. The van der Waals surface area contributed by atoms with Crippen LogP contribution in [-0.2, 0) is 13.1 Å². The van der Waals surface area contributed by atoms with E-state index in [-0.39, 0.29) is 5.91 Å². The minimum absolute atomic E-state index is 0.131. The van der Waals surface area contributed by atoms with Gasteiger partial charge in [0.05, 0.1) is 30.2 Å². The molecule has 0 saturated heterocycles. The van der Waals surface area contributed by atoms with Gasteiger partial charge in [-0.2, -0.15) is 10.2 Å². The number of aryl methyl sites for hydroxylation is 1. The number of rotatable bonds is 5. The van der Waals surface area contributed by atoms with Gasteiger partial charge in [0.25, 0.3) is 5.91 Å². The molecular formula is C16H16IN5O. The van der Waals surface area contributed by atoms with Crippen LogP contribution in [0.15, 0.2) is 49.1 Å². The first-order chi connectivity index (χ1) is 11.2. The summed E-state index contributed by atoms with van der Waals surface area (Å²) in [5, 5.41) is 11.4. The number of anilines is 1. The van der Waals surface area contributed by atoms with Crippen LogP contribution in [0.1, 0.15) is 22.8 Å². The van der Waals surface area contributed by atoms with Gasteiger partial charge in [0.1, 0.15) is 0 Å². The van der Waals surface area contributed by atoms with Crippen LogP contribution in [-0.4, -0.2) is 25.5 Å². The van der Waals surface area contributed by atoms with Crippen molar-refractivity contribution in [2.24, 2.45) is 0 Å². The normalized spacial score (nSPS) is 10.7. The van der Waals surface area contributed by atoms with Crippen LogP contribution < -0.4 is 5.32 Å². The lowest BCUT2D eigenvalue weighted by Gasteiger charge is -2.04. The van der Waals surface area contributed by atoms with Gasteiger partial charge in [0.2, 0.25) is 0 Å². The van der Waals surface area contributed by atoms with Crippen molar-refractivity contribution in [3.63, 3.8) is 0 Å². The minimum Gasteiger partial charge on any atom is -0.319 e. The third-order valence-corrected chi connectivity index (χ3v) is 4.31. The molecule has 118 valence electrons. The highest BCUT2D eigenvalue weighted by Gasteiger charge is 2.10. The second kappa shape index (κ2) is 6.95. The molecule has 2 aromatic heterocycles. The third kappa shape index (κ3) is 3.79. The molecule has 7 heteroatoms. The van der Waals surface area contributed by atoms with E-state index in [1.807, 2.05) is 48.4 Å². The molecule has 3 aromatic rings. The van der Waals surface area contributed by atoms with Crippen LogP contribution in [0.2, 0.25) is 0 Å². The summed E-state index contributed by atoms with van der Waals surface area (Å²) in [6.07, 6.45) is 7.29. The summed E-state index contributed by atoms with van der Waals surface area (Å²) in [6, 6.07) is 7.48. The highest BCUT2D eigenvalue weighted by molar-refractivity contribution is 14.1. The van der Waals surface area contributed by atoms with Gasteiger partial charge in [-0.15, -0.1) is 0 Å². The number of carbonyl (C=O) groups is 1. The van der Waals surface area contributed by atoms with E-state index in [0.717, 1.165) is 15.7 Å². The Morgan fingerprint density at radius 3 is 2.70 bits per heavy atom. The molecule has 23 heavy (non-hydrogen) atoms. The molecule has 0 radical (unpaired) electrons. The highest BCUT2D eigenvalue weighted by atomic mass is 127. The number of carbonyl (C=O) groups excluding carboxylic acids is 1. The van der Waals surface area contributed by atoms with Crippen LogP contribution in [0.5, 0.6) is 0 Å². The maximum absolute atomic E-state index is 12.3. The standard InChI is InChI=1S/C16H16IN5O/c1-2-21-9-12(7-18-21)10-22-11-13(8-19-22)20-16(23)14-5-3-4-6-15(14)17/h3-9,11H,2,10H2,1H3,(H,20,23). The summed E-state index contributed by atoms with van der Waals surface area (Å²) in [5.41, 5.74) is 2.41. The van der Waals surface area contributed by atoms with E-state index in [1.54, 1.807) is 16.9 Å². The summed E-state index contributed by atoms with van der Waals surface area (Å²) >= 11 is 2.15. The van der Waals surface area contributed by atoms with E-state index in [9.17, 15) is 4.79 Å². The summed E-state index contributed by atoms with van der Waals surface area (Å²) in [4.78, 5) is 12.3. The monoisotopic (exact) mass is 421 g/mol. The molecule has 0 aliphatic carbocycles. The number of halogens is 1. The van der Waals surface area contributed by atoms with Gasteiger partial charge in [-0.1, -0.05) is 12.1 Å². The summed E-state index contributed by atoms with van der Waals surface area (Å²) < 4.78 is 4.57. The van der Waals surface area contributed by atoms with Crippen LogP contribution >= 0.6 is 22.6 Å². The average molecular weight is 421 g/mol. The van der Waals surface area contributed by atoms with Gasteiger partial charge >= 0.3 is 0 Å². The molecular weight excluding hydrogens is 405 g/mol. The Kier molecular flexibility index (Phi) is 4.75. The Bertz CT molecular complexity index is 823. The van der Waals surface area contributed by atoms with E-state index in [1.165, 1.54) is 0 Å². The van der Waals surface area contributed by atoms with Crippen LogP contribution in [0.4, 0.5) is 5.69 Å². The summed E-state index contributed by atoms with van der Waals surface area (Å²) in [5.74, 6) is -0.131. The van der Waals surface area contributed by atoms with Crippen molar-refractivity contribution in [3.8, 4) is 0 Å². The fourth-order valence-corrected chi connectivity index (χ4v) is 2.84. The van der Waals surface area contributed by atoms with Crippen molar-refractivity contribution in [1.82, 2.24) is 19.6 Å². The second-order valence-corrected chi connectivity index (χ2v) is 6.23. The van der Waals surface area contributed by atoms with E-state index >= 15 is 0 Å². The highest BCUT2D eigenvalue weighted by Crippen LogP contribution is 2.14. The molecule has 1 aromatic carbocycles. The number of aromatic nitrogens is 4. The number of benzene rings is 1. The average Bonchev–Trinajstić information content (AvgIpc) is 3.17. The molecule has 0 unspecified atom stereocenters. The molecule has 3 rings (SSSR count). The molecule has 1 amide bonds. The molecule has 0 saturated carbocycles. The fraction of sp³-hybridized carbons (Fsp3) is 0.188. The smallest absolute Gasteiger partial charge is 0.256 e. The second-order valence-electron chi connectivity index (χ2n) is 5.06. The van der Waals surface area contributed by atoms with E-state index in [2.05, 4.69) is 38.1 Å². The molecule has 0 aliphatic rings. The van der Waals surface area contributed by atoms with Gasteiger partial charge in [-0.25, -0.2) is 0 Å². The first kappa shape index (κ1) is 15.7. The Balaban J connectivity index is 1.67. The van der Waals surface area contributed by atoms with Crippen molar-refractivity contribution < 1.29 is 4.79 Å². The lowest BCUT2D eigenvalue weighted by atomic mass is 10.2. The largest absolute Gasteiger partial charge is 0.319 e. The van der Waals surface area contributed by atoms with Crippen molar-refractivity contribution in [1.29, 1.82) is 0 Å². The Hall–Kier alpha value is -2.16. The van der Waals surface area contributed by atoms with Gasteiger partial charge < -0.3 is 5.32 Å². The molecule has 0 atom stereocenters. The van der Waals surface area contributed by atoms with Gasteiger partial charge in [-0.3, -0.25) is 14.2 Å². The quantitative estimate of drug-likeness (QED) is 0.645. The van der Waals surface area contributed by atoms with Crippen molar-refractivity contribution in [3.05, 3.63) is 63.7 Å². The Morgan fingerprint density at radius 1 is 1.17 bits per heavy atom. The Morgan fingerprint density at radius 2 is 1.96 bits per heavy atom. The van der Waals surface area contributed by atoms with E-state index in [4.69, 9.17) is 0 Å². The summed E-state index contributed by atoms with van der Waals surface area (Å²) in [7, 11) is 0.